The molecular formula is C13H17N3O. The number of hydrogen-bond acceptors (Lipinski definition) is 4. The quantitative estimate of drug-likeness (QED) is 0.851. The van der Waals surface area contributed by atoms with Crippen LogP contribution in [0.25, 0.3) is 11.0 Å². The monoisotopic (exact) mass is 231 g/mol. The van der Waals surface area contributed by atoms with Crippen LogP contribution in [0.1, 0.15) is 19.3 Å². The molecule has 2 aromatic heterocycles. The van der Waals surface area contributed by atoms with Crippen LogP contribution < -0.4 is 11.1 Å². The second-order valence-electron chi connectivity index (χ2n) is 4.81. The zero-order valence-corrected chi connectivity index (χ0v) is 9.73. The van der Waals surface area contributed by atoms with Crippen LogP contribution in [0.5, 0.6) is 0 Å². The number of furan rings is 1. The number of anilines is 1. The normalized spacial score (nSPS) is 24.3. The van der Waals surface area contributed by atoms with E-state index in [1.807, 2.05) is 12.1 Å². The molecule has 2 atom stereocenters. The van der Waals surface area contributed by atoms with Crippen molar-refractivity contribution in [1.82, 2.24) is 4.98 Å². The van der Waals surface area contributed by atoms with E-state index in [1.165, 1.54) is 6.42 Å². The molecule has 2 heterocycles. The Morgan fingerprint density at radius 2 is 2.35 bits per heavy atom. The smallest absolute Gasteiger partial charge is 0.139 e. The molecule has 0 radical (unpaired) electrons. The van der Waals surface area contributed by atoms with Gasteiger partial charge in [0.2, 0.25) is 0 Å². The van der Waals surface area contributed by atoms with Gasteiger partial charge in [-0.1, -0.05) is 0 Å². The predicted molar refractivity (Wildman–Crippen MR) is 67.8 cm³/mol. The van der Waals surface area contributed by atoms with Crippen molar-refractivity contribution in [2.45, 2.75) is 25.3 Å². The van der Waals surface area contributed by atoms with Gasteiger partial charge in [0.25, 0.3) is 0 Å². The summed E-state index contributed by atoms with van der Waals surface area (Å²) in [6.45, 7) is 0.949. The lowest BCUT2D eigenvalue weighted by atomic mass is 10.1. The highest BCUT2D eigenvalue weighted by molar-refractivity contribution is 5.87. The number of pyridine rings is 1. The number of fused-ring (bicyclic) bond motifs is 1. The maximum atomic E-state index is 5.91. The van der Waals surface area contributed by atoms with Crippen molar-refractivity contribution in [2.24, 2.45) is 11.7 Å². The van der Waals surface area contributed by atoms with E-state index in [9.17, 15) is 0 Å². The van der Waals surface area contributed by atoms with E-state index in [1.54, 1.807) is 12.5 Å². The SMILES string of the molecule is NC1CCC(CNc2nccc3occc23)C1. The third kappa shape index (κ3) is 2.13. The molecule has 0 amide bonds. The fourth-order valence-corrected chi connectivity index (χ4v) is 2.58. The zero-order valence-electron chi connectivity index (χ0n) is 9.73. The van der Waals surface area contributed by atoms with Gasteiger partial charge in [0.05, 0.1) is 11.6 Å². The van der Waals surface area contributed by atoms with Crippen molar-refractivity contribution in [3.63, 3.8) is 0 Å². The Hall–Kier alpha value is -1.55. The minimum Gasteiger partial charge on any atom is -0.464 e. The van der Waals surface area contributed by atoms with Crippen LogP contribution in [-0.4, -0.2) is 17.6 Å². The Kier molecular flexibility index (Phi) is 2.73. The van der Waals surface area contributed by atoms with Gasteiger partial charge >= 0.3 is 0 Å². The van der Waals surface area contributed by atoms with Crippen molar-refractivity contribution in [3.8, 4) is 0 Å². The van der Waals surface area contributed by atoms with Gasteiger partial charge < -0.3 is 15.5 Å². The molecule has 0 saturated heterocycles. The molecule has 2 unspecified atom stereocenters. The van der Waals surface area contributed by atoms with Crippen LogP contribution in [0.2, 0.25) is 0 Å². The summed E-state index contributed by atoms with van der Waals surface area (Å²) in [6, 6.07) is 4.22. The summed E-state index contributed by atoms with van der Waals surface area (Å²) < 4.78 is 5.35. The average molecular weight is 231 g/mol. The Labute approximate surface area is 100 Å². The van der Waals surface area contributed by atoms with E-state index in [4.69, 9.17) is 10.2 Å². The van der Waals surface area contributed by atoms with E-state index < -0.39 is 0 Å². The minimum absolute atomic E-state index is 0.388. The Morgan fingerprint density at radius 3 is 3.18 bits per heavy atom. The first kappa shape index (κ1) is 10.6. The van der Waals surface area contributed by atoms with E-state index in [0.717, 1.165) is 36.2 Å². The number of hydrogen-bond donors (Lipinski definition) is 2. The molecule has 3 N–H and O–H groups in total. The highest BCUT2D eigenvalue weighted by Gasteiger charge is 2.21. The first-order valence-corrected chi connectivity index (χ1v) is 6.14. The van der Waals surface area contributed by atoms with Crippen LogP contribution in [-0.2, 0) is 0 Å². The Bertz CT molecular complexity index is 508. The predicted octanol–water partition coefficient (Wildman–Crippen LogP) is 2.37. The number of rotatable bonds is 3. The van der Waals surface area contributed by atoms with E-state index in [-0.39, 0.29) is 0 Å². The molecule has 0 bridgehead atoms. The molecule has 90 valence electrons. The molecule has 0 spiro atoms. The lowest BCUT2D eigenvalue weighted by Crippen LogP contribution is -2.18. The molecule has 1 saturated carbocycles. The molecular weight excluding hydrogens is 214 g/mol. The first-order valence-electron chi connectivity index (χ1n) is 6.14. The summed E-state index contributed by atoms with van der Waals surface area (Å²) >= 11 is 0. The summed E-state index contributed by atoms with van der Waals surface area (Å²) in [4.78, 5) is 4.36. The summed E-state index contributed by atoms with van der Waals surface area (Å²) in [7, 11) is 0. The molecule has 2 aromatic rings. The van der Waals surface area contributed by atoms with Crippen LogP contribution in [0.4, 0.5) is 5.82 Å². The topological polar surface area (TPSA) is 64.1 Å². The molecule has 0 aromatic carbocycles. The number of aromatic nitrogens is 1. The van der Waals surface area contributed by atoms with Gasteiger partial charge in [-0.05, 0) is 37.3 Å². The number of nitrogens with one attached hydrogen (secondary N) is 1. The molecule has 1 aliphatic carbocycles. The van der Waals surface area contributed by atoms with Crippen LogP contribution in [0.3, 0.4) is 0 Å². The largest absolute Gasteiger partial charge is 0.464 e. The van der Waals surface area contributed by atoms with Crippen molar-refractivity contribution >= 4 is 16.8 Å². The fourth-order valence-electron chi connectivity index (χ4n) is 2.58. The second-order valence-corrected chi connectivity index (χ2v) is 4.81. The summed E-state index contributed by atoms with van der Waals surface area (Å²) in [5.41, 5.74) is 6.79. The lowest BCUT2D eigenvalue weighted by Gasteiger charge is -2.11. The molecule has 0 aliphatic heterocycles. The van der Waals surface area contributed by atoms with Gasteiger partial charge in [-0.2, -0.15) is 0 Å². The van der Waals surface area contributed by atoms with Crippen molar-refractivity contribution in [1.29, 1.82) is 0 Å². The highest BCUT2D eigenvalue weighted by atomic mass is 16.3. The second kappa shape index (κ2) is 4.37. The van der Waals surface area contributed by atoms with Crippen LogP contribution >= 0.6 is 0 Å². The lowest BCUT2D eigenvalue weighted by molar-refractivity contribution is 0.565. The van der Waals surface area contributed by atoms with Crippen molar-refractivity contribution < 1.29 is 4.42 Å². The maximum absolute atomic E-state index is 5.91. The molecule has 17 heavy (non-hydrogen) atoms. The van der Waals surface area contributed by atoms with Crippen LogP contribution in [0.15, 0.2) is 29.0 Å². The van der Waals surface area contributed by atoms with Crippen molar-refractivity contribution in [3.05, 3.63) is 24.6 Å². The average Bonchev–Trinajstić information content (AvgIpc) is 2.94. The van der Waals surface area contributed by atoms with Gasteiger partial charge in [-0.15, -0.1) is 0 Å². The molecule has 4 heteroatoms. The highest BCUT2D eigenvalue weighted by Crippen LogP contribution is 2.26. The molecule has 4 nitrogen and oxygen atoms in total. The Balaban J connectivity index is 1.70. The molecule has 3 rings (SSSR count). The van der Waals surface area contributed by atoms with Gasteiger partial charge in [-0.3, -0.25) is 0 Å². The summed E-state index contributed by atoms with van der Waals surface area (Å²) in [5.74, 6) is 1.59. The van der Waals surface area contributed by atoms with Gasteiger partial charge in [0.1, 0.15) is 11.4 Å². The minimum atomic E-state index is 0.388. The van der Waals surface area contributed by atoms with Gasteiger partial charge in [0, 0.05) is 18.8 Å². The van der Waals surface area contributed by atoms with Gasteiger partial charge in [-0.25, -0.2) is 4.98 Å². The molecule has 1 fully saturated rings. The summed E-state index contributed by atoms with van der Waals surface area (Å²) in [5, 5.41) is 4.46. The molecule has 1 aliphatic rings. The maximum Gasteiger partial charge on any atom is 0.139 e. The van der Waals surface area contributed by atoms with Crippen molar-refractivity contribution in [2.75, 3.05) is 11.9 Å². The standard InChI is InChI=1S/C13H17N3O/c14-10-2-1-9(7-10)8-16-13-11-4-6-17-12(11)3-5-15-13/h3-6,9-10H,1-2,7-8,14H2,(H,15,16). The van der Waals surface area contributed by atoms with E-state index in [0.29, 0.717) is 12.0 Å². The third-order valence-corrected chi connectivity index (χ3v) is 3.52. The van der Waals surface area contributed by atoms with Crippen LogP contribution in [0, 0.1) is 5.92 Å². The Morgan fingerprint density at radius 1 is 1.41 bits per heavy atom. The zero-order chi connectivity index (χ0) is 11.7. The number of nitrogens with two attached hydrogens (primary N) is 1. The first-order chi connectivity index (χ1) is 8.33. The van der Waals surface area contributed by atoms with E-state index >= 15 is 0 Å². The summed E-state index contributed by atoms with van der Waals surface area (Å²) in [6.07, 6.45) is 6.96. The van der Waals surface area contributed by atoms with Gasteiger partial charge in [0.15, 0.2) is 0 Å². The number of nitrogens with zero attached hydrogens (tertiary/aromatic N) is 1. The van der Waals surface area contributed by atoms with E-state index in [2.05, 4.69) is 10.3 Å². The third-order valence-electron chi connectivity index (χ3n) is 3.52. The fraction of sp³-hybridized carbons (Fsp3) is 0.462.